The van der Waals surface area contributed by atoms with E-state index in [9.17, 15) is 5.11 Å². The molecule has 2 rings (SSSR count). The molecule has 0 bridgehead atoms. The summed E-state index contributed by atoms with van der Waals surface area (Å²) in [5.74, 6) is 0.823. The zero-order valence-corrected chi connectivity index (χ0v) is 11.7. The highest BCUT2D eigenvalue weighted by Gasteiger charge is 2.10. The molecule has 0 aromatic heterocycles. The average Bonchev–Trinajstić information content (AvgIpc) is 2.40. The Morgan fingerprint density at radius 2 is 1.50 bits per heavy atom. The minimum absolute atomic E-state index is 0.603. The molecule has 94 valence electrons. The van der Waals surface area contributed by atoms with Crippen LogP contribution in [0.4, 0.5) is 0 Å². The fraction of sp³-hybridized carbons (Fsp3) is 0.200. The third kappa shape index (κ3) is 3.12. The molecule has 0 aliphatic rings. The Bertz CT molecular complexity index is 491. The van der Waals surface area contributed by atoms with Crippen molar-refractivity contribution >= 4 is 15.9 Å². The Labute approximate surface area is 115 Å². The molecule has 18 heavy (non-hydrogen) atoms. The van der Waals surface area contributed by atoms with Crippen LogP contribution in [-0.2, 0) is 0 Å². The molecule has 0 heterocycles. The molecular formula is C15H15BrO2. The SMILES string of the molecule is CCOc1ccc([C@H](O)c2ccc(Br)cc2)cc1. The lowest BCUT2D eigenvalue weighted by Gasteiger charge is -2.12. The summed E-state index contributed by atoms with van der Waals surface area (Å²) in [6, 6.07) is 15.2. The van der Waals surface area contributed by atoms with Gasteiger partial charge in [0.25, 0.3) is 0 Å². The van der Waals surface area contributed by atoms with Crippen LogP contribution in [0.1, 0.15) is 24.2 Å². The highest BCUT2D eigenvalue weighted by molar-refractivity contribution is 9.10. The van der Waals surface area contributed by atoms with Crippen LogP contribution in [-0.4, -0.2) is 11.7 Å². The molecule has 0 amide bonds. The van der Waals surface area contributed by atoms with Crippen LogP contribution in [0.2, 0.25) is 0 Å². The molecule has 0 spiro atoms. The number of aliphatic hydroxyl groups is 1. The lowest BCUT2D eigenvalue weighted by atomic mass is 10.0. The average molecular weight is 307 g/mol. The van der Waals surface area contributed by atoms with Crippen LogP contribution in [0.3, 0.4) is 0 Å². The van der Waals surface area contributed by atoms with E-state index in [1.54, 1.807) is 0 Å². The Hall–Kier alpha value is -1.32. The molecule has 2 nitrogen and oxygen atoms in total. The van der Waals surface area contributed by atoms with Gasteiger partial charge in [-0.05, 0) is 42.3 Å². The first-order valence-corrected chi connectivity index (χ1v) is 6.66. The van der Waals surface area contributed by atoms with E-state index >= 15 is 0 Å². The quantitative estimate of drug-likeness (QED) is 0.927. The van der Waals surface area contributed by atoms with Crippen molar-refractivity contribution in [3.63, 3.8) is 0 Å². The van der Waals surface area contributed by atoms with E-state index in [1.807, 2.05) is 55.5 Å². The summed E-state index contributed by atoms with van der Waals surface area (Å²) in [5, 5.41) is 10.2. The van der Waals surface area contributed by atoms with E-state index in [4.69, 9.17) is 4.74 Å². The van der Waals surface area contributed by atoms with Crippen LogP contribution in [0.25, 0.3) is 0 Å². The lowest BCUT2D eigenvalue weighted by Crippen LogP contribution is -1.99. The van der Waals surface area contributed by atoms with E-state index in [0.717, 1.165) is 21.3 Å². The van der Waals surface area contributed by atoms with Crippen molar-refractivity contribution in [2.45, 2.75) is 13.0 Å². The molecular weight excluding hydrogens is 292 g/mol. The normalized spacial score (nSPS) is 12.2. The van der Waals surface area contributed by atoms with Gasteiger partial charge in [-0.2, -0.15) is 0 Å². The Morgan fingerprint density at radius 3 is 2.00 bits per heavy atom. The van der Waals surface area contributed by atoms with Gasteiger partial charge in [-0.25, -0.2) is 0 Å². The smallest absolute Gasteiger partial charge is 0.119 e. The van der Waals surface area contributed by atoms with E-state index in [0.29, 0.717) is 6.61 Å². The Kier molecular flexibility index (Phi) is 4.39. The van der Waals surface area contributed by atoms with Gasteiger partial charge < -0.3 is 9.84 Å². The first-order valence-electron chi connectivity index (χ1n) is 5.87. The molecule has 2 aromatic rings. The Morgan fingerprint density at radius 1 is 1.00 bits per heavy atom. The number of rotatable bonds is 4. The number of aliphatic hydroxyl groups excluding tert-OH is 1. The zero-order valence-electron chi connectivity index (χ0n) is 10.1. The van der Waals surface area contributed by atoms with E-state index in [2.05, 4.69) is 15.9 Å². The second-order valence-corrected chi connectivity index (χ2v) is 4.87. The molecule has 0 aliphatic carbocycles. The van der Waals surface area contributed by atoms with Gasteiger partial charge in [0, 0.05) is 4.47 Å². The molecule has 0 saturated heterocycles. The van der Waals surface area contributed by atoms with Gasteiger partial charge in [0.1, 0.15) is 11.9 Å². The van der Waals surface area contributed by atoms with Gasteiger partial charge in [-0.3, -0.25) is 0 Å². The van der Waals surface area contributed by atoms with Crippen LogP contribution in [0.5, 0.6) is 5.75 Å². The van der Waals surface area contributed by atoms with Gasteiger partial charge in [0.15, 0.2) is 0 Å². The van der Waals surface area contributed by atoms with Crippen LogP contribution >= 0.6 is 15.9 Å². The second kappa shape index (κ2) is 6.03. The number of halogens is 1. The first-order chi connectivity index (χ1) is 8.70. The molecule has 3 heteroatoms. The number of ether oxygens (including phenoxy) is 1. The molecule has 0 saturated carbocycles. The highest BCUT2D eigenvalue weighted by atomic mass is 79.9. The first kappa shape index (κ1) is 13.1. The summed E-state index contributed by atoms with van der Waals surface area (Å²) in [6.45, 7) is 2.60. The number of hydrogen-bond donors (Lipinski definition) is 1. The van der Waals surface area contributed by atoms with E-state index < -0.39 is 6.10 Å². The summed E-state index contributed by atoms with van der Waals surface area (Å²) in [7, 11) is 0. The second-order valence-electron chi connectivity index (χ2n) is 3.96. The summed E-state index contributed by atoms with van der Waals surface area (Å²) in [5.41, 5.74) is 1.74. The van der Waals surface area contributed by atoms with Gasteiger partial charge >= 0.3 is 0 Å². The molecule has 0 fully saturated rings. The van der Waals surface area contributed by atoms with Crippen molar-refractivity contribution in [3.8, 4) is 5.75 Å². The maximum Gasteiger partial charge on any atom is 0.119 e. The third-order valence-corrected chi connectivity index (χ3v) is 3.22. The fourth-order valence-electron chi connectivity index (χ4n) is 1.75. The maximum atomic E-state index is 10.2. The van der Waals surface area contributed by atoms with Gasteiger partial charge in [0.05, 0.1) is 6.61 Å². The van der Waals surface area contributed by atoms with Crippen molar-refractivity contribution in [1.82, 2.24) is 0 Å². The zero-order chi connectivity index (χ0) is 13.0. The molecule has 1 atom stereocenters. The van der Waals surface area contributed by atoms with E-state index in [1.165, 1.54) is 0 Å². The van der Waals surface area contributed by atoms with Gasteiger partial charge in [-0.15, -0.1) is 0 Å². The van der Waals surface area contributed by atoms with Crippen molar-refractivity contribution in [1.29, 1.82) is 0 Å². The maximum absolute atomic E-state index is 10.2. The summed E-state index contributed by atoms with van der Waals surface area (Å²) >= 11 is 3.38. The predicted octanol–water partition coefficient (Wildman–Crippen LogP) is 3.93. The molecule has 1 N–H and O–H groups in total. The largest absolute Gasteiger partial charge is 0.494 e. The van der Waals surface area contributed by atoms with Crippen molar-refractivity contribution in [2.24, 2.45) is 0 Å². The van der Waals surface area contributed by atoms with Crippen molar-refractivity contribution in [2.75, 3.05) is 6.61 Å². The molecule has 0 aliphatic heterocycles. The minimum Gasteiger partial charge on any atom is -0.494 e. The summed E-state index contributed by atoms with van der Waals surface area (Å²) in [4.78, 5) is 0. The Balaban J connectivity index is 2.17. The summed E-state index contributed by atoms with van der Waals surface area (Å²) in [6.07, 6.45) is -0.603. The number of benzene rings is 2. The summed E-state index contributed by atoms with van der Waals surface area (Å²) < 4.78 is 6.38. The number of hydrogen-bond acceptors (Lipinski definition) is 2. The highest BCUT2D eigenvalue weighted by Crippen LogP contribution is 2.25. The van der Waals surface area contributed by atoms with Crippen molar-refractivity contribution in [3.05, 3.63) is 64.1 Å². The van der Waals surface area contributed by atoms with Crippen LogP contribution < -0.4 is 4.74 Å². The molecule has 0 unspecified atom stereocenters. The topological polar surface area (TPSA) is 29.5 Å². The van der Waals surface area contributed by atoms with E-state index in [-0.39, 0.29) is 0 Å². The standard InChI is InChI=1S/C15H15BrO2/c1-2-18-14-9-5-12(6-10-14)15(17)11-3-7-13(16)8-4-11/h3-10,15,17H,2H2,1H3/t15-/m1/s1. The van der Waals surface area contributed by atoms with Crippen LogP contribution in [0.15, 0.2) is 53.0 Å². The lowest BCUT2D eigenvalue weighted by molar-refractivity contribution is 0.220. The van der Waals surface area contributed by atoms with Crippen LogP contribution in [0, 0.1) is 0 Å². The van der Waals surface area contributed by atoms with Crippen molar-refractivity contribution < 1.29 is 9.84 Å². The third-order valence-electron chi connectivity index (χ3n) is 2.69. The van der Waals surface area contributed by atoms with Gasteiger partial charge in [-0.1, -0.05) is 40.2 Å². The van der Waals surface area contributed by atoms with Gasteiger partial charge in [0.2, 0.25) is 0 Å². The fourth-order valence-corrected chi connectivity index (χ4v) is 2.01. The monoisotopic (exact) mass is 306 g/mol. The molecule has 2 aromatic carbocycles. The predicted molar refractivity (Wildman–Crippen MR) is 75.8 cm³/mol. The molecule has 0 radical (unpaired) electrons. The minimum atomic E-state index is -0.603.